The van der Waals surface area contributed by atoms with Gasteiger partial charge in [-0.1, -0.05) is 60.7 Å². The number of nitrogens with one attached hydrogen (secondary N) is 3. The van der Waals surface area contributed by atoms with E-state index in [4.69, 9.17) is 0 Å². The molecule has 1 unspecified atom stereocenters. The fourth-order valence-electron chi connectivity index (χ4n) is 4.66. The van der Waals surface area contributed by atoms with Crippen molar-refractivity contribution in [2.75, 3.05) is 13.1 Å². The molecule has 3 N–H and O–H groups in total. The second-order valence-corrected chi connectivity index (χ2v) is 8.61. The van der Waals surface area contributed by atoms with E-state index in [9.17, 15) is 9.59 Å². The Morgan fingerprint density at radius 3 is 1.52 bits per heavy atom. The van der Waals surface area contributed by atoms with Crippen molar-refractivity contribution >= 4 is 11.8 Å². The number of hydrogen-bond acceptors (Lipinski definition) is 3. The van der Waals surface area contributed by atoms with E-state index in [0.29, 0.717) is 24.9 Å². The lowest BCUT2D eigenvalue weighted by Crippen LogP contribution is -2.43. The van der Waals surface area contributed by atoms with E-state index in [1.807, 2.05) is 36.4 Å². The first kappa shape index (κ1) is 18.4. The normalized spacial score (nSPS) is 32.4. The summed E-state index contributed by atoms with van der Waals surface area (Å²) in [5.41, 5.74) is 2.55. The van der Waals surface area contributed by atoms with Crippen LogP contribution >= 0.6 is 0 Å². The van der Waals surface area contributed by atoms with Crippen molar-refractivity contribution in [3.05, 3.63) is 71.8 Å². The van der Waals surface area contributed by atoms with E-state index >= 15 is 0 Å². The molecule has 2 saturated carbocycles. The molecule has 1 aliphatic heterocycles. The molecule has 6 atom stereocenters. The molecule has 0 aromatic heterocycles. The van der Waals surface area contributed by atoms with Gasteiger partial charge in [0, 0.05) is 37.0 Å². The molecular formula is C24H27N3O2. The van der Waals surface area contributed by atoms with Gasteiger partial charge in [0.1, 0.15) is 0 Å². The SMILES string of the molecule is O=C(N[C@H]1CC1c1ccccc1)[C@@H]1CNC[C@H]1C(=O)N[C@H]1C[C@@H]1c1ccccc1. The van der Waals surface area contributed by atoms with Gasteiger partial charge in [0.25, 0.3) is 0 Å². The van der Waals surface area contributed by atoms with Crippen molar-refractivity contribution in [3.8, 4) is 0 Å². The predicted octanol–water partition coefficient (Wildman–Crippen LogP) is 2.17. The number of benzene rings is 2. The van der Waals surface area contributed by atoms with Gasteiger partial charge in [0.2, 0.25) is 11.8 Å². The first-order chi connectivity index (χ1) is 14.2. The van der Waals surface area contributed by atoms with Crippen LogP contribution in [0.1, 0.15) is 35.8 Å². The Hall–Kier alpha value is -2.66. The monoisotopic (exact) mass is 389 g/mol. The molecule has 2 amide bonds. The summed E-state index contributed by atoms with van der Waals surface area (Å²) in [4.78, 5) is 25.7. The summed E-state index contributed by atoms with van der Waals surface area (Å²) in [6.45, 7) is 1.14. The maximum atomic E-state index is 12.8. The van der Waals surface area contributed by atoms with E-state index in [0.717, 1.165) is 12.8 Å². The summed E-state index contributed by atoms with van der Waals surface area (Å²) in [5.74, 6) is 0.240. The number of carbonyl (C=O) groups is 2. The van der Waals surface area contributed by atoms with Gasteiger partial charge in [0.05, 0.1) is 11.8 Å². The quantitative estimate of drug-likeness (QED) is 0.709. The topological polar surface area (TPSA) is 70.2 Å². The fraction of sp³-hybridized carbons (Fsp3) is 0.417. The Labute approximate surface area is 171 Å². The van der Waals surface area contributed by atoms with Gasteiger partial charge in [-0.2, -0.15) is 0 Å². The molecule has 0 bridgehead atoms. The molecule has 29 heavy (non-hydrogen) atoms. The lowest BCUT2D eigenvalue weighted by atomic mass is 9.94. The zero-order valence-corrected chi connectivity index (χ0v) is 16.4. The standard InChI is InChI=1S/C24H27N3O2/c28-23(26-21-11-17(21)15-7-3-1-4-8-15)19-13-25-14-20(19)24(29)27-22-12-18(22)16-9-5-2-6-10-16/h1-10,17-22,25H,11-14H2,(H,26,28)(H,27,29)/t17-,18?,19-,20-,21+,22+/m1/s1. The number of amides is 2. The molecule has 5 heteroatoms. The van der Waals surface area contributed by atoms with Gasteiger partial charge in [-0.15, -0.1) is 0 Å². The second-order valence-electron chi connectivity index (χ2n) is 8.61. The minimum atomic E-state index is -0.291. The molecule has 0 spiro atoms. The highest BCUT2D eigenvalue weighted by Gasteiger charge is 2.46. The third kappa shape index (κ3) is 3.92. The third-order valence-electron chi connectivity index (χ3n) is 6.58. The van der Waals surface area contributed by atoms with Crippen molar-refractivity contribution in [2.24, 2.45) is 11.8 Å². The van der Waals surface area contributed by atoms with Crippen LogP contribution in [0.2, 0.25) is 0 Å². The van der Waals surface area contributed by atoms with Crippen LogP contribution in [0.15, 0.2) is 60.7 Å². The predicted molar refractivity (Wildman–Crippen MR) is 111 cm³/mol. The Bertz CT molecular complexity index is 812. The second kappa shape index (κ2) is 7.64. The van der Waals surface area contributed by atoms with E-state index < -0.39 is 0 Å². The first-order valence-electron chi connectivity index (χ1n) is 10.6. The number of carbonyl (C=O) groups excluding carboxylic acids is 2. The van der Waals surface area contributed by atoms with Gasteiger partial charge in [-0.25, -0.2) is 0 Å². The Balaban J connectivity index is 1.14. The highest BCUT2D eigenvalue weighted by atomic mass is 16.2. The lowest BCUT2D eigenvalue weighted by Gasteiger charge is -2.18. The molecule has 5 rings (SSSR count). The molecule has 5 nitrogen and oxygen atoms in total. The Morgan fingerprint density at radius 2 is 1.10 bits per heavy atom. The molecule has 0 radical (unpaired) electrons. The lowest BCUT2D eigenvalue weighted by molar-refractivity contribution is -0.133. The molecular weight excluding hydrogens is 362 g/mol. The van der Waals surface area contributed by atoms with Crippen molar-refractivity contribution in [2.45, 2.75) is 36.8 Å². The zero-order chi connectivity index (χ0) is 19.8. The van der Waals surface area contributed by atoms with Gasteiger partial charge in [-0.3, -0.25) is 9.59 Å². The van der Waals surface area contributed by atoms with Gasteiger partial charge < -0.3 is 16.0 Å². The molecule has 2 aliphatic carbocycles. The highest BCUT2D eigenvalue weighted by Crippen LogP contribution is 2.42. The minimum Gasteiger partial charge on any atom is -0.352 e. The molecule has 2 aromatic rings. The maximum Gasteiger partial charge on any atom is 0.225 e. The molecule has 1 saturated heterocycles. The Morgan fingerprint density at radius 1 is 0.690 bits per heavy atom. The van der Waals surface area contributed by atoms with E-state index in [2.05, 4.69) is 40.2 Å². The molecule has 3 fully saturated rings. The summed E-state index contributed by atoms with van der Waals surface area (Å²) in [6.07, 6.45) is 1.96. The molecule has 150 valence electrons. The first-order valence-corrected chi connectivity index (χ1v) is 10.6. The average molecular weight is 389 g/mol. The van der Waals surface area contributed by atoms with Crippen LogP contribution in [0.25, 0.3) is 0 Å². The maximum absolute atomic E-state index is 12.8. The van der Waals surface area contributed by atoms with Gasteiger partial charge in [-0.05, 0) is 24.0 Å². The van der Waals surface area contributed by atoms with Crippen LogP contribution in [-0.4, -0.2) is 37.0 Å². The van der Waals surface area contributed by atoms with Crippen molar-refractivity contribution in [1.29, 1.82) is 0 Å². The van der Waals surface area contributed by atoms with Crippen LogP contribution < -0.4 is 16.0 Å². The van der Waals surface area contributed by atoms with Crippen LogP contribution in [0.5, 0.6) is 0 Å². The van der Waals surface area contributed by atoms with E-state index in [-0.39, 0.29) is 35.7 Å². The zero-order valence-electron chi connectivity index (χ0n) is 16.4. The smallest absolute Gasteiger partial charge is 0.225 e. The minimum absolute atomic E-state index is 0.00832. The molecule has 2 aromatic carbocycles. The summed E-state index contributed by atoms with van der Waals surface area (Å²) in [5, 5.41) is 9.58. The van der Waals surface area contributed by atoms with E-state index in [1.165, 1.54) is 11.1 Å². The van der Waals surface area contributed by atoms with Crippen LogP contribution in [0, 0.1) is 11.8 Å². The summed E-state index contributed by atoms with van der Waals surface area (Å²) < 4.78 is 0. The fourth-order valence-corrected chi connectivity index (χ4v) is 4.66. The largest absolute Gasteiger partial charge is 0.352 e. The average Bonchev–Trinajstić information content (AvgIpc) is 3.65. The molecule has 1 heterocycles. The van der Waals surface area contributed by atoms with Crippen molar-refractivity contribution in [1.82, 2.24) is 16.0 Å². The van der Waals surface area contributed by atoms with E-state index in [1.54, 1.807) is 0 Å². The van der Waals surface area contributed by atoms with Gasteiger partial charge >= 0.3 is 0 Å². The van der Waals surface area contributed by atoms with Crippen LogP contribution in [0.4, 0.5) is 0 Å². The third-order valence-corrected chi connectivity index (χ3v) is 6.58. The number of rotatable bonds is 6. The van der Waals surface area contributed by atoms with Crippen LogP contribution in [-0.2, 0) is 9.59 Å². The summed E-state index contributed by atoms with van der Waals surface area (Å²) in [6, 6.07) is 21.0. The highest BCUT2D eigenvalue weighted by molar-refractivity contribution is 5.89. The van der Waals surface area contributed by atoms with Gasteiger partial charge in [0.15, 0.2) is 0 Å². The van der Waals surface area contributed by atoms with Crippen molar-refractivity contribution < 1.29 is 9.59 Å². The number of hydrogen-bond donors (Lipinski definition) is 3. The van der Waals surface area contributed by atoms with Crippen LogP contribution in [0.3, 0.4) is 0 Å². The van der Waals surface area contributed by atoms with Crippen molar-refractivity contribution in [3.63, 3.8) is 0 Å². The molecule has 3 aliphatic rings. The summed E-state index contributed by atoms with van der Waals surface area (Å²) >= 11 is 0. The summed E-state index contributed by atoms with van der Waals surface area (Å²) in [7, 11) is 0. The Kier molecular flexibility index (Phi) is 4.84.